The molecule has 3 aromatic rings. The fourth-order valence-corrected chi connectivity index (χ4v) is 4.86. The Morgan fingerprint density at radius 2 is 1.73 bits per heavy atom. The van der Waals surface area contributed by atoms with Crippen LogP contribution in [0, 0.1) is 0 Å². The lowest BCUT2D eigenvalue weighted by atomic mass is 9.96. The average Bonchev–Trinajstić information content (AvgIpc) is 3.12. The molecule has 6 nitrogen and oxygen atoms in total. The molecule has 2 heterocycles. The maximum atomic E-state index is 13.3. The van der Waals surface area contributed by atoms with Crippen molar-refractivity contribution in [3.05, 3.63) is 75.7 Å². The Morgan fingerprint density at radius 3 is 2.43 bits per heavy atom. The summed E-state index contributed by atoms with van der Waals surface area (Å²) in [7, 11) is 3.08. The van der Waals surface area contributed by atoms with Crippen LogP contribution in [-0.2, 0) is 13.0 Å². The van der Waals surface area contributed by atoms with Gasteiger partial charge >= 0.3 is 0 Å². The molecule has 0 spiro atoms. The number of methoxy groups -OCH3 is 2. The molecule has 0 bridgehead atoms. The lowest BCUT2D eigenvalue weighted by molar-refractivity contribution is 0.0737. The average molecular weight is 423 g/mol. The van der Waals surface area contributed by atoms with Gasteiger partial charge in [-0.15, -0.1) is 11.3 Å². The highest BCUT2D eigenvalue weighted by Gasteiger charge is 2.30. The van der Waals surface area contributed by atoms with E-state index in [2.05, 4.69) is 0 Å². The van der Waals surface area contributed by atoms with E-state index in [9.17, 15) is 9.59 Å². The molecule has 2 N–H and O–H groups in total. The van der Waals surface area contributed by atoms with Crippen LogP contribution in [0.25, 0.3) is 0 Å². The van der Waals surface area contributed by atoms with Gasteiger partial charge in [-0.05, 0) is 42.3 Å². The number of hydrogen-bond acceptors (Lipinski definition) is 6. The van der Waals surface area contributed by atoms with Crippen molar-refractivity contribution >= 4 is 28.0 Å². The van der Waals surface area contributed by atoms with E-state index in [0.717, 1.165) is 10.4 Å². The van der Waals surface area contributed by atoms with Crippen LogP contribution in [0.15, 0.2) is 48.5 Å². The SMILES string of the molecule is COc1ccc(C(=O)c2c(N)sc3c2CCN(C(=O)c2ccccc2)C3)cc1OC. The van der Waals surface area contributed by atoms with Gasteiger partial charge in [0, 0.05) is 22.5 Å². The van der Waals surface area contributed by atoms with E-state index < -0.39 is 0 Å². The smallest absolute Gasteiger partial charge is 0.254 e. The highest BCUT2D eigenvalue weighted by Crippen LogP contribution is 2.38. The Balaban J connectivity index is 1.62. The van der Waals surface area contributed by atoms with Gasteiger partial charge in [0.2, 0.25) is 0 Å². The number of amides is 1. The van der Waals surface area contributed by atoms with Crippen LogP contribution in [0.2, 0.25) is 0 Å². The van der Waals surface area contributed by atoms with Gasteiger partial charge in [-0.3, -0.25) is 9.59 Å². The number of rotatable bonds is 5. The fourth-order valence-electron chi connectivity index (χ4n) is 3.73. The summed E-state index contributed by atoms with van der Waals surface area (Å²) in [6.07, 6.45) is 0.593. The molecule has 0 unspecified atom stereocenters. The molecule has 30 heavy (non-hydrogen) atoms. The lowest BCUT2D eigenvalue weighted by Crippen LogP contribution is -2.35. The number of nitrogens with zero attached hydrogens (tertiary/aromatic N) is 1. The van der Waals surface area contributed by atoms with E-state index in [4.69, 9.17) is 15.2 Å². The van der Waals surface area contributed by atoms with Gasteiger partial charge in [0.1, 0.15) is 0 Å². The highest BCUT2D eigenvalue weighted by atomic mass is 32.1. The minimum Gasteiger partial charge on any atom is -0.493 e. The first-order valence-corrected chi connectivity index (χ1v) is 10.4. The van der Waals surface area contributed by atoms with Crippen LogP contribution < -0.4 is 15.2 Å². The first kappa shape index (κ1) is 20.0. The molecule has 1 aliphatic heterocycles. The topological polar surface area (TPSA) is 81.9 Å². The number of fused-ring (bicyclic) bond motifs is 1. The minimum absolute atomic E-state index is 0.0130. The second-order valence-electron chi connectivity index (χ2n) is 6.98. The van der Waals surface area contributed by atoms with Gasteiger partial charge < -0.3 is 20.1 Å². The Morgan fingerprint density at radius 1 is 1.00 bits per heavy atom. The molecule has 0 saturated heterocycles. The summed E-state index contributed by atoms with van der Waals surface area (Å²) in [6.45, 7) is 1.00. The van der Waals surface area contributed by atoms with Gasteiger partial charge in [-0.25, -0.2) is 0 Å². The largest absolute Gasteiger partial charge is 0.493 e. The minimum atomic E-state index is -0.145. The van der Waals surface area contributed by atoms with Crippen molar-refractivity contribution in [2.45, 2.75) is 13.0 Å². The summed E-state index contributed by atoms with van der Waals surface area (Å²) in [5, 5.41) is 0.480. The Kier molecular flexibility index (Phi) is 5.46. The van der Waals surface area contributed by atoms with Crippen LogP contribution in [0.4, 0.5) is 5.00 Å². The third kappa shape index (κ3) is 3.52. The molecule has 154 valence electrons. The number of carbonyl (C=O) groups excluding carboxylic acids is 2. The number of carbonyl (C=O) groups is 2. The number of hydrogen-bond donors (Lipinski definition) is 1. The number of ether oxygens (including phenoxy) is 2. The molecule has 1 aliphatic rings. The van der Waals surface area contributed by atoms with Gasteiger partial charge in [0.25, 0.3) is 5.91 Å². The second-order valence-corrected chi connectivity index (χ2v) is 8.12. The Bertz CT molecular complexity index is 1110. The third-order valence-corrected chi connectivity index (χ3v) is 6.31. The van der Waals surface area contributed by atoms with E-state index in [-0.39, 0.29) is 11.7 Å². The molecule has 7 heteroatoms. The number of nitrogens with two attached hydrogens (primary N) is 1. The fraction of sp³-hybridized carbons (Fsp3) is 0.217. The van der Waals surface area contributed by atoms with E-state index in [1.54, 1.807) is 30.2 Å². The molecule has 2 aromatic carbocycles. The van der Waals surface area contributed by atoms with E-state index in [1.807, 2.05) is 30.3 Å². The van der Waals surface area contributed by atoms with Crippen molar-refractivity contribution < 1.29 is 19.1 Å². The summed E-state index contributed by atoms with van der Waals surface area (Å²) in [6, 6.07) is 14.3. The molecule has 0 aliphatic carbocycles. The molecule has 0 radical (unpaired) electrons. The molecule has 4 rings (SSSR count). The summed E-state index contributed by atoms with van der Waals surface area (Å²) < 4.78 is 10.6. The van der Waals surface area contributed by atoms with Crippen LogP contribution >= 0.6 is 11.3 Å². The molecule has 1 aromatic heterocycles. The quantitative estimate of drug-likeness (QED) is 0.633. The Labute approximate surface area is 178 Å². The van der Waals surface area contributed by atoms with E-state index in [0.29, 0.717) is 52.7 Å². The van der Waals surface area contributed by atoms with Crippen LogP contribution in [0.3, 0.4) is 0 Å². The van der Waals surface area contributed by atoms with Gasteiger partial charge in [0.05, 0.1) is 31.3 Å². The lowest BCUT2D eigenvalue weighted by Gasteiger charge is -2.27. The normalized spacial score (nSPS) is 12.9. The molecule has 1 amide bonds. The van der Waals surface area contributed by atoms with Crippen molar-refractivity contribution in [3.8, 4) is 11.5 Å². The second kappa shape index (κ2) is 8.20. The van der Waals surface area contributed by atoms with Gasteiger partial charge in [-0.2, -0.15) is 0 Å². The summed E-state index contributed by atoms with van der Waals surface area (Å²) in [4.78, 5) is 28.8. The van der Waals surface area contributed by atoms with Crippen LogP contribution in [0.1, 0.15) is 36.7 Å². The maximum Gasteiger partial charge on any atom is 0.254 e. The van der Waals surface area contributed by atoms with Crippen molar-refractivity contribution in [1.29, 1.82) is 0 Å². The van der Waals surface area contributed by atoms with Crippen molar-refractivity contribution in [2.24, 2.45) is 0 Å². The number of benzene rings is 2. The summed E-state index contributed by atoms with van der Waals surface area (Å²) in [5.41, 5.74) is 8.88. The van der Waals surface area contributed by atoms with Crippen molar-refractivity contribution in [1.82, 2.24) is 4.90 Å². The number of ketones is 1. The third-order valence-electron chi connectivity index (χ3n) is 5.26. The van der Waals surface area contributed by atoms with Crippen LogP contribution in [-0.4, -0.2) is 37.4 Å². The van der Waals surface area contributed by atoms with Gasteiger partial charge in [-0.1, -0.05) is 18.2 Å². The Hall–Kier alpha value is -3.32. The first-order valence-electron chi connectivity index (χ1n) is 9.54. The highest BCUT2D eigenvalue weighted by molar-refractivity contribution is 7.16. The molecular weight excluding hydrogens is 400 g/mol. The predicted molar refractivity (Wildman–Crippen MR) is 117 cm³/mol. The maximum absolute atomic E-state index is 13.3. The first-order chi connectivity index (χ1) is 14.5. The number of thiophene rings is 1. The monoisotopic (exact) mass is 422 g/mol. The summed E-state index contributed by atoms with van der Waals surface area (Å²) in [5.74, 6) is 0.893. The zero-order valence-electron chi connectivity index (χ0n) is 16.8. The molecular formula is C23H22N2O4S. The zero-order chi connectivity index (χ0) is 21.3. The van der Waals surface area contributed by atoms with E-state index >= 15 is 0 Å². The summed E-state index contributed by atoms with van der Waals surface area (Å²) >= 11 is 1.38. The standard InChI is InChI=1S/C23H22N2O4S/c1-28-17-9-8-15(12-18(17)29-2)21(26)20-16-10-11-25(13-19(16)30-22(20)24)23(27)14-6-4-3-5-7-14/h3-9,12H,10-11,13,24H2,1-2H3. The number of anilines is 1. The van der Waals surface area contributed by atoms with Crippen LogP contribution in [0.5, 0.6) is 11.5 Å². The van der Waals surface area contributed by atoms with Crippen molar-refractivity contribution in [3.63, 3.8) is 0 Å². The van der Waals surface area contributed by atoms with E-state index in [1.165, 1.54) is 18.4 Å². The molecule has 0 saturated carbocycles. The molecule has 0 fully saturated rings. The molecule has 0 atom stereocenters. The zero-order valence-corrected chi connectivity index (χ0v) is 17.6. The number of nitrogen functional groups attached to an aromatic ring is 1. The van der Waals surface area contributed by atoms with Gasteiger partial charge in [0.15, 0.2) is 17.3 Å². The predicted octanol–water partition coefficient (Wildman–Crippen LogP) is 3.78. The van der Waals surface area contributed by atoms with Crippen molar-refractivity contribution in [2.75, 3.05) is 26.5 Å².